The van der Waals surface area contributed by atoms with Gasteiger partial charge in [-0.1, -0.05) is 19.1 Å². The lowest BCUT2D eigenvalue weighted by Gasteiger charge is -2.30. The van der Waals surface area contributed by atoms with E-state index in [-0.39, 0.29) is 17.9 Å². The second kappa shape index (κ2) is 7.14. The number of benzene rings is 1. The summed E-state index contributed by atoms with van der Waals surface area (Å²) in [4.78, 5) is 14.0. The van der Waals surface area contributed by atoms with E-state index in [9.17, 15) is 4.79 Å². The molecule has 0 aromatic heterocycles. The molecular formula is C15H23NO3. The van der Waals surface area contributed by atoms with E-state index in [0.717, 1.165) is 17.7 Å². The smallest absolute Gasteiger partial charge is 0.310 e. The summed E-state index contributed by atoms with van der Waals surface area (Å²) in [6.45, 7) is 2.00. The fourth-order valence-electron chi connectivity index (χ4n) is 2.39. The number of carbonyl (C=O) groups is 1. The SMILES string of the molecule is CCC(C(=O)OC)C(c1cccc(OC)c1)N(C)C. The fourth-order valence-corrected chi connectivity index (χ4v) is 2.39. The molecule has 1 aromatic carbocycles. The van der Waals surface area contributed by atoms with Crippen molar-refractivity contribution in [1.82, 2.24) is 4.90 Å². The van der Waals surface area contributed by atoms with Crippen molar-refractivity contribution in [2.24, 2.45) is 5.92 Å². The topological polar surface area (TPSA) is 38.8 Å². The molecule has 0 saturated heterocycles. The van der Waals surface area contributed by atoms with Crippen molar-refractivity contribution in [1.29, 1.82) is 0 Å². The number of methoxy groups -OCH3 is 2. The monoisotopic (exact) mass is 265 g/mol. The van der Waals surface area contributed by atoms with Crippen LogP contribution in [0.4, 0.5) is 0 Å². The average molecular weight is 265 g/mol. The summed E-state index contributed by atoms with van der Waals surface area (Å²) in [6, 6.07) is 7.80. The van der Waals surface area contributed by atoms with Gasteiger partial charge in [-0.25, -0.2) is 0 Å². The van der Waals surface area contributed by atoms with E-state index in [2.05, 4.69) is 0 Å². The van der Waals surface area contributed by atoms with Crippen LogP contribution in [0.1, 0.15) is 24.9 Å². The van der Waals surface area contributed by atoms with E-state index in [1.807, 2.05) is 50.2 Å². The molecule has 4 heteroatoms. The highest BCUT2D eigenvalue weighted by atomic mass is 16.5. The first-order chi connectivity index (χ1) is 9.04. The van der Waals surface area contributed by atoms with Gasteiger partial charge in [0.25, 0.3) is 0 Å². The average Bonchev–Trinajstić information content (AvgIpc) is 2.43. The van der Waals surface area contributed by atoms with Gasteiger partial charge in [-0.3, -0.25) is 4.79 Å². The van der Waals surface area contributed by atoms with Crippen LogP contribution in [0.5, 0.6) is 5.75 Å². The lowest BCUT2D eigenvalue weighted by atomic mass is 9.90. The van der Waals surface area contributed by atoms with Crippen molar-refractivity contribution in [3.05, 3.63) is 29.8 Å². The third kappa shape index (κ3) is 3.70. The first-order valence-electron chi connectivity index (χ1n) is 6.43. The molecule has 0 saturated carbocycles. The Bertz CT molecular complexity index is 418. The molecule has 4 nitrogen and oxygen atoms in total. The van der Waals surface area contributed by atoms with Gasteiger partial charge in [-0.2, -0.15) is 0 Å². The zero-order valence-electron chi connectivity index (χ0n) is 12.3. The summed E-state index contributed by atoms with van der Waals surface area (Å²) in [7, 11) is 7.01. The number of esters is 1. The molecule has 0 amide bonds. The Morgan fingerprint density at radius 2 is 2.00 bits per heavy atom. The van der Waals surface area contributed by atoms with Gasteiger partial charge in [0.1, 0.15) is 5.75 Å². The second-order valence-corrected chi connectivity index (χ2v) is 4.72. The van der Waals surface area contributed by atoms with Gasteiger partial charge in [0.15, 0.2) is 0 Å². The molecule has 0 spiro atoms. The van der Waals surface area contributed by atoms with Gasteiger partial charge >= 0.3 is 5.97 Å². The lowest BCUT2D eigenvalue weighted by Crippen LogP contribution is -2.32. The van der Waals surface area contributed by atoms with Crippen LogP contribution in [0.2, 0.25) is 0 Å². The van der Waals surface area contributed by atoms with Crippen molar-refractivity contribution < 1.29 is 14.3 Å². The quantitative estimate of drug-likeness (QED) is 0.741. The number of hydrogen-bond acceptors (Lipinski definition) is 4. The van der Waals surface area contributed by atoms with E-state index >= 15 is 0 Å². The van der Waals surface area contributed by atoms with Crippen molar-refractivity contribution in [2.75, 3.05) is 28.3 Å². The standard InChI is InChI=1S/C15H23NO3/c1-6-13(15(17)19-5)14(16(2)3)11-8-7-9-12(10-11)18-4/h7-10,13-14H,6H2,1-5H3. The van der Waals surface area contributed by atoms with Crippen LogP contribution in [-0.2, 0) is 9.53 Å². The lowest BCUT2D eigenvalue weighted by molar-refractivity contribution is -0.148. The van der Waals surface area contributed by atoms with Crippen molar-refractivity contribution >= 4 is 5.97 Å². The minimum atomic E-state index is -0.188. The largest absolute Gasteiger partial charge is 0.497 e. The molecule has 0 aliphatic heterocycles. The summed E-state index contributed by atoms with van der Waals surface area (Å²) in [6.07, 6.45) is 0.729. The van der Waals surface area contributed by atoms with Crippen LogP contribution in [0, 0.1) is 5.92 Å². The maximum absolute atomic E-state index is 11.9. The highest BCUT2D eigenvalue weighted by Crippen LogP contribution is 2.31. The third-order valence-corrected chi connectivity index (χ3v) is 3.32. The molecule has 0 heterocycles. The molecule has 0 radical (unpaired) electrons. The second-order valence-electron chi connectivity index (χ2n) is 4.72. The first-order valence-corrected chi connectivity index (χ1v) is 6.43. The van der Waals surface area contributed by atoms with Crippen LogP contribution >= 0.6 is 0 Å². The van der Waals surface area contributed by atoms with Gasteiger partial charge in [-0.15, -0.1) is 0 Å². The normalized spacial score (nSPS) is 14.0. The van der Waals surface area contributed by atoms with E-state index in [0.29, 0.717) is 0 Å². The Kier molecular flexibility index (Phi) is 5.83. The summed E-state index contributed by atoms with van der Waals surface area (Å²) in [5.74, 6) is 0.431. The van der Waals surface area contributed by atoms with Gasteiger partial charge < -0.3 is 14.4 Å². The Balaban J connectivity index is 3.14. The molecule has 0 N–H and O–H groups in total. The number of carbonyl (C=O) groups excluding carboxylic acids is 1. The summed E-state index contributed by atoms with van der Waals surface area (Å²) in [5, 5.41) is 0. The van der Waals surface area contributed by atoms with Crippen LogP contribution in [0.25, 0.3) is 0 Å². The van der Waals surface area contributed by atoms with E-state index in [4.69, 9.17) is 9.47 Å². The predicted molar refractivity (Wildman–Crippen MR) is 75.2 cm³/mol. The van der Waals surface area contributed by atoms with Gasteiger partial charge in [0.05, 0.1) is 20.1 Å². The highest BCUT2D eigenvalue weighted by Gasteiger charge is 2.30. The molecule has 0 aliphatic carbocycles. The van der Waals surface area contributed by atoms with Crippen molar-refractivity contribution in [3.63, 3.8) is 0 Å². The number of nitrogens with zero attached hydrogens (tertiary/aromatic N) is 1. The molecule has 2 atom stereocenters. The van der Waals surface area contributed by atoms with Gasteiger partial charge in [0, 0.05) is 6.04 Å². The fraction of sp³-hybridized carbons (Fsp3) is 0.533. The number of hydrogen-bond donors (Lipinski definition) is 0. The Morgan fingerprint density at radius 1 is 1.32 bits per heavy atom. The number of ether oxygens (including phenoxy) is 2. The Morgan fingerprint density at radius 3 is 2.47 bits per heavy atom. The third-order valence-electron chi connectivity index (χ3n) is 3.32. The van der Waals surface area contributed by atoms with E-state index < -0.39 is 0 Å². The maximum atomic E-state index is 11.9. The van der Waals surface area contributed by atoms with Crippen LogP contribution in [0.3, 0.4) is 0 Å². The van der Waals surface area contributed by atoms with Crippen molar-refractivity contribution in [3.8, 4) is 5.75 Å². The van der Waals surface area contributed by atoms with E-state index in [1.165, 1.54) is 7.11 Å². The maximum Gasteiger partial charge on any atom is 0.310 e. The van der Waals surface area contributed by atoms with Crippen LogP contribution in [0.15, 0.2) is 24.3 Å². The van der Waals surface area contributed by atoms with Crippen LogP contribution in [-0.4, -0.2) is 39.2 Å². The minimum absolute atomic E-state index is 0.0208. The summed E-state index contributed by atoms with van der Waals surface area (Å²) < 4.78 is 10.2. The zero-order valence-corrected chi connectivity index (χ0v) is 12.3. The molecule has 2 unspecified atom stereocenters. The Labute approximate surface area is 115 Å². The molecule has 1 rings (SSSR count). The molecule has 1 aromatic rings. The summed E-state index contributed by atoms with van der Waals surface area (Å²) in [5.41, 5.74) is 1.06. The molecule has 0 fully saturated rings. The predicted octanol–water partition coefficient (Wildman–Crippen LogP) is 2.50. The van der Waals surface area contributed by atoms with Crippen LogP contribution < -0.4 is 4.74 Å². The number of rotatable bonds is 6. The van der Waals surface area contributed by atoms with Gasteiger partial charge in [0.2, 0.25) is 0 Å². The van der Waals surface area contributed by atoms with Crippen molar-refractivity contribution in [2.45, 2.75) is 19.4 Å². The highest BCUT2D eigenvalue weighted by molar-refractivity contribution is 5.73. The molecular weight excluding hydrogens is 242 g/mol. The minimum Gasteiger partial charge on any atom is -0.497 e. The molecule has 0 bridgehead atoms. The molecule has 0 aliphatic rings. The first kappa shape index (κ1) is 15.5. The molecule has 106 valence electrons. The zero-order chi connectivity index (χ0) is 14.4. The Hall–Kier alpha value is -1.55. The summed E-state index contributed by atoms with van der Waals surface area (Å²) >= 11 is 0. The van der Waals surface area contributed by atoms with E-state index in [1.54, 1.807) is 7.11 Å². The van der Waals surface area contributed by atoms with Gasteiger partial charge in [-0.05, 0) is 38.2 Å². The molecule has 19 heavy (non-hydrogen) atoms.